The number of rotatable bonds is 4. The van der Waals surface area contributed by atoms with Crippen molar-refractivity contribution in [1.29, 1.82) is 0 Å². The molecule has 10 nitrogen and oxygen atoms in total. The molecule has 12 heteroatoms. The fraction of sp³-hybridized carbons (Fsp3) is 0.188. The number of halogens is 2. The predicted octanol–water partition coefficient (Wildman–Crippen LogP) is 1.37. The molecule has 1 atom stereocenters. The van der Waals surface area contributed by atoms with Crippen LogP contribution in [0.3, 0.4) is 0 Å². The second kappa shape index (κ2) is 7.58. The zero-order valence-corrected chi connectivity index (χ0v) is 16.0. The molecular weight excluding hydrogens is 413 g/mol. The highest BCUT2D eigenvalue weighted by atomic mass is 35.5. The van der Waals surface area contributed by atoms with Gasteiger partial charge in [0.05, 0.1) is 22.3 Å². The summed E-state index contributed by atoms with van der Waals surface area (Å²) in [7, 11) is 1.38. The molecule has 0 aliphatic rings. The molecular formula is C16H13Cl2N5O5. The van der Waals surface area contributed by atoms with Gasteiger partial charge in [0, 0.05) is 12.6 Å². The van der Waals surface area contributed by atoms with Gasteiger partial charge in [0.25, 0.3) is 11.1 Å². The molecule has 0 saturated heterocycles. The largest absolute Gasteiger partial charge is 0.434 e. The van der Waals surface area contributed by atoms with Crippen molar-refractivity contribution in [3.63, 3.8) is 0 Å². The molecule has 0 aliphatic carbocycles. The molecule has 0 spiro atoms. The molecule has 0 saturated carbocycles. The lowest BCUT2D eigenvalue weighted by atomic mass is 10.1. The third-order valence-electron chi connectivity index (χ3n) is 3.64. The predicted molar refractivity (Wildman–Crippen MR) is 101 cm³/mol. The first kappa shape index (κ1) is 19.8. The highest BCUT2D eigenvalue weighted by molar-refractivity contribution is 6.37. The van der Waals surface area contributed by atoms with E-state index in [1.54, 1.807) is 0 Å². The highest BCUT2D eigenvalue weighted by Crippen LogP contribution is 2.38. The molecule has 0 fully saturated rings. The van der Waals surface area contributed by atoms with E-state index in [1.807, 2.05) is 0 Å². The Morgan fingerprint density at radius 3 is 2.43 bits per heavy atom. The second-order valence-corrected chi connectivity index (χ2v) is 6.55. The van der Waals surface area contributed by atoms with Crippen LogP contribution in [0.15, 0.2) is 32.7 Å². The molecule has 0 unspecified atom stereocenters. The lowest BCUT2D eigenvalue weighted by Crippen LogP contribution is -2.31. The third kappa shape index (κ3) is 3.84. The summed E-state index contributed by atoms with van der Waals surface area (Å²) in [6, 6.07) is 2.76. The van der Waals surface area contributed by atoms with Crippen LogP contribution in [-0.4, -0.2) is 29.8 Å². The van der Waals surface area contributed by atoms with Crippen molar-refractivity contribution in [3.05, 3.63) is 65.3 Å². The Bertz CT molecular complexity index is 1210. The first-order valence-electron chi connectivity index (χ1n) is 7.80. The van der Waals surface area contributed by atoms with E-state index >= 15 is 0 Å². The Balaban J connectivity index is 2.03. The molecule has 1 aromatic carbocycles. The smallest absolute Gasteiger partial charge is 0.344 e. The quantitative estimate of drug-likeness (QED) is 0.572. The van der Waals surface area contributed by atoms with Gasteiger partial charge in [-0.2, -0.15) is 5.10 Å². The van der Waals surface area contributed by atoms with E-state index in [2.05, 4.69) is 20.1 Å². The molecule has 3 rings (SSSR count). The summed E-state index contributed by atoms with van der Waals surface area (Å²) in [5.41, 5.74) is -1.86. The van der Waals surface area contributed by atoms with Crippen molar-refractivity contribution in [3.8, 4) is 22.9 Å². The van der Waals surface area contributed by atoms with Crippen LogP contribution < -0.4 is 21.5 Å². The van der Waals surface area contributed by atoms with Gasteiger partial charge >= 0.3 is 5.69 Å². The number of aromatic amines is 2. The first-order valence-corrected chi connectivity index (χ1v) is 8.55. The van der Waals surface area contributed by atoms with E-state index < -0.39 is 22.9 Å². The summed E-state index contributed by atoms with van der Waals surface area (Å²) >= 11 is 12.4. The highest BCUT2D eigenvalue weighted by Gasteiger charge is 2.17. The van der Waals surface area contributed by atoms with Crippen LogP contribution in [0.4, 0.5) is 0 Å². The molecule has 0 bridgehead atoms. The van der Waals surface area contributed by atoms with Gasteiger partial charge < -0.3 is 14.8 Å². The maximum absolute atomic E-state index is 12.0. The van der Waals surface area contributed by atoms with Crippen molar-refractivity contribution in [2.24, 2.45) is 7.05 Å². The average molecular weight is 426 g/mol. The van der Waals surface area contributed by atoms with Crippen molar-refractivity contribution >= 4 is 23.2 Å². The number of aliphatic hydroxyl groups excluding tert-OH is 1. The fourth-order valence-corrected chi connectivity index (χ4v) is 2.87. The summed E-state index contributed by atoms with van der Waals surface area (Å²) in [4.78, 5) is 43.5. The number of hydrogen-bond donors (Lipinski definition) is 3. The Labute approximate surface area is 166 Å². The molecule has 2 heterocycles. The van der Waals surface area contributed by atoms with Gasteiger partial charge in [0.15, 0.2) is 11.4 Å². The van der Waals surface area contributed by atoms with Crippen LogP contribution in [0.1, 0.15) is 18.7 Å². The molecule has 0 aliphatic heterocycles. The monoisotopic (exact) mass is 425 g/mol. The number of aryl methyl sites for hydroxylation is 1. The fourth-order valence-electron chi connectivity index (χ4n) is 2.30. The number of benzene rings is 1. The van der Waals surface area contributed by atoms with Gasteiger partial charge in [-0.15, -0.1) is 0 Å². The lowest BCUT2D eigenvalue weighted by molar-refractivity contribution is 0.191. The number of H-pyrrole nitrogens is 2. The number of nitrogens with zero attached hydrogens (tertiary/aromatic N) is 3. The van der Waals surface area contributed by atoms with Crippen LogP contribution in [0, 0.1) is 0 Å². The van der Waals surface area contributed by atoms with E-state index in [0.717, 1.165) is 4.68 Å². The molecule has 28 heavy (non-hydrogen) atoms. The Morgan fingerprint density at radius 2 is 1.82 bits per heavy atom. The summed E-state index contributed by atoms with van der Waals surface area (Å²) in [5.74, 6) is -0.0328. The van der Waals surface area contributed by atoms with Gasteiger partial charge in [-0.1, -0.05) is 23.2 Å². The Hall–Kier alpha value is -2.95. The van der Waals surface area contributed by atoms with E-state index in [9.17, 15) is 19.5 Å². The number of nitrogens with one attached hydrogen (secondary N) is 2. The van der Waals surface area contributed by atoms with Gasteiger partial charge in [-0.05, 0) is 19.1 Å². The Kier molecular flexibility index (Phi) is 5.36. The second-order valence-electron chi connectivity index (χ2n) is 5.73. The van der Waals surface area contributed by atoms with Crippen LogP contribution in [0.25, 0.3) is 11.3 Å². The summed E-state index contributed by atoms with van der Waals surface area (Å²) in [6.45, 7) is 1.38. The first-order chi connectivity index (χ1) is 13.2. The summed E-state index contributed by atoms with van der Waals surface area (Å²) in [5, 5.41) is 13.5. The molecule has 146 valence electrons. The van der Waals surface area contributed by atoms with Gasteiger partial charge in [-0.25, -0.2) is 14.5 Å². The standard InChI is InChI=1S/C16H13Cl2N5O5/c1-6(24)11-14(25)19-5-10(20-11)28-13-8(17)3-7(4-9(13)18)12-15(26)21-16(27)23(2)22-12/h3-6,24H,1-2H3,(H,19,25)(H,21,26,27)/t6-/m1/s1. The molecule has 2 aromatic heterocycles. The van der Waals surface area contributed by atoms with Crippen molar-refractivity contribution in [1.82, 2.24) is 24.7 Å². The minimum absolute atomic E-state index is 0.0180. The summed E-state index contributed by atoms with van der Waals surface area (Å²) < 4.78 is 6.49. The van der Waals surface area contributed by atoms with E-state index in [1.165, 1.54) is 32.3 Å². The molecule has 0 amide bonds. The van der Waals surface area contributed by atoms with E-state index in [4.69, 9.17) is 27.9 Å². The number of ether oxygens (including phenoxy) is 1. The molecule has 3 aromatic rings. The minimum atomic E-state index is -1.11. The van der Waals surface area contributed by atoms with Crippen LogP contribution in [-0.2, 0) is 7.05 Å². The van der Waals surface area contributed by atoms with Crippen molar-refractivity contribution < 1.29 is 9.84 Å². The average Bonchev–Trinajstić information content (AvgIpc) is 2.62. The third-order valence-corrected chi connectivity index (χ3v) is 4.21. The normalized spacial score (nSPS) is 12.0. The number of aromatic nitrogens is 5. The van der Waals surface area contributed by atoms with Gasteiger partial charge in [-0.3, -0.25) is 14.6 Å². The van der Waals surface area contributed by atoms with E-state index in [-0.39, 0.29) is 38.6 Å². The van der Waals surface area contributed by atoms with Crippen LogP contribution >= 0.6 is 23.2 Å². The van der Waals surface area contributed by atoms with Gasteiger partial charge in [0.2, 0.25) is 5.88 Å². The van der Waals surface area contributed by atoms with Gasteiger partial charge in [0.1, 0.15) is 5.69 Å². The number of hydrogen-bond acceptors (Lipinski definition) is 7. The van der Waals surface area contributed by atoms with Crippen LogP contribution in [0.2, 0.25) is 10.0 Å². The van der Waals surface area contributed by atoms with E-state index in [0.29, 0.717) is 0 Å². The topological polar surface area (TPSA) is 143 Å². The minimum Gasteiger partial charge on any atom is -0.434 e. The van der Waals surface area contributed by atoms with Crippen LogP contribution in [0.5, 0.6) is 11.6 Å². The van der Waals surface area contributed by atoms with Crippen molar-refractivity contribution in [2.75, 3.05) is 0 Å². The van der Waals surface area contributed by atoms with Crippen molar-refractivity contribution in [2.45, 2.75) is 13.0 Å². The number of aliphatic hydroxyl groups is 1. The zero-order chi connectivity index (χ0) is 20.6. The zero-order valence-electron chi connectivity index (χ0n) is 14.5. The molecule has 0 radical (unpaired) electrons. The SMILES string of the molecule is C[C@@H](O)c1nc(Oc2c(Cl)cc(-c3nn(C)c(=O)[nH]c3=O)cc2Cl)c[nH]c1=O. The maximum atomic E-state index is 12.0. The maximum Gasteiger partial charge on any atom is 0.344 e. The Morgan fingerprint density at radius 1 is 1.18 bits per heavy atom. The lowest BCUT2D eigenvalue weighted by Gasteiger charge is -2.12. The summed E-state index contributed by atoms with van der Waals surface area (Å²) in [6.07, 6.45) is 0.0803. The molecule has 3 N–H and O–H groups in total.